The molecule has 0 radical (unpaired) electrons. The number of hydrogen-bond acceptors (Lipinski definition) is 4. The molecule has 2 aliphatic rings. The van der Waals surface area contributed by atoms with Gasteiger partial charge in [-0.25, -0.2) is 0 Å². The summed E-state index contributed by atoms with van der Waals surface area (Å²) in [6.07, 6.45) is 7.14. The minimum absolute atomic E-state index is 0.0290. The molecular weight excluding hydrogens is 254 g/mol. The summed E-state index contributed by atoms with van der Waals surface area (Å²) < 4.78 is 11.2. The second kappa shape index (κ2) is 6.90. The third-order valence-corrected chi connectivity index (χ3v) is 4.04. The maximum absolute atomic E-state index is 12.2. The minimum Gasteiger partial charge on any atom is -0.459 e. The van der Waals surface area contributed by atoms with Crippen LogP contribution < -0.4 is 0 Å². The molecule has 4 heteroatoms. The van der Waals surface area contributed by atoms with Crippen LogP contribution in [0.5, 0.6) is 0 Å². The lowest BCUT2D eigenvalue weighted by molar-refractivity contribution is -0.160. The van der Waals surface area contributed by atoms with E-state index in [1.807, 2.05) is 20.8 Å². The Bertz CT molecular complexity index is 318. The molecule has 2 heterocycles. The monoisotopic (exact) mass is 283 g/mol. The van der Waals surface area contributed by atoms with Crippen molar-refractivity contribution in [2.24, 2.45) is 0 Å². The lowest BCUT2D eigenvalue weighted by atomic mass is 10.1. The van der Waals surface area contributed by atoms with Crippen molar-refractivity contribution in [2.45, 2.75) is 77.0 Å². The van der Waals surface area contributed by atoms with Crippen LogP contribution in [-0.4, -0.2) is 48.3 Å². The van der Waals surface area contributed by atoms with Crippen molar-refractivity contribution in [2.75, 3.05) is 19.7 Å². The summed E-state index contributed by atoms with van der Waals surface area (Å²) in [6, 6.07) is -0.0290. The Morgan fingerprint density at radius 1 is 1.30 bits per heavy atom. The average molecular weight is 283 g/mol. The van der Waals surface area contributed by atoms with Crippen LogP contribution in [0, 0.1) is 0 Å². The van der Waals surface area contributed by atoms with Gasteiger partial charge in [0, 0.05) is 6.61 Å². The first-order valence-corrected chi connectivity index (χ1v) is 8.04. The van der Waals surface area contributed by atoms with Gasteiger partial charge in [-0.05, 0) is 72.4 Å². The highest BCUT2D eigenvalue weighted by Crippen LogP contribution is 2.23. The van der Waals surface area contributed by atoms with E-state index in [1.165, 1.54) is 12.8 Å². The zero-order chi connectivity index (χ0) is 14.6. The zero-order valence-corrected chi connectivity index (χ0v) is 13.2. The fourth-order valence-corrected chi connectivity index (χ4v) is 3.12. The Hall–Kier alpha value is -0.610. The van der Waals surface area contributed by atoms with Crippen LogP contribution in [0.25, 0.3) is 0 Å². The van der Waals surface area contributed by atoms with Gasteiger partial charge in [0.05, 0.1) is 6.10 Å². The molecule has 0 aromatic carbocycles. The molecule has 2 fully saturated rings. The third kappa shape index (κ3) is 4.74. The van der Waals surface area contributed by atoms with Crippen LogP contribution in [0.2, 0.25) is 0 Å². The number of nitrogens with zero attached hydrogens (tertiary/aromatic N) is 1. The van der Waals surface area contributed by atoms with E-state index < -0.39 is 0 Å². The maximum atomic E-state index is 12.2. The Balaban J connectivity index is 1.73. The fraction of sp³-hybridized carbons (Fsp3) is 0.938. The second-order valence-electron chi connectivity index (χ2n) is 7.00. The van der Waals surface area contributed by atoms with Gasteiger partial charge < -0.3 is 9.47 Å². The van der Waals surface area contributed by atoms with Gasteiger partial charge in [-0.2, -0.15) is 0 Å². The molecule has 0 bridgehead atoms. The van der Waals surface area contributed by atoms with Crippen molar-refractivity contribution >= 4 is 5.97 Å². The van der Waals surface area contributed by atoms with E-state index in [9.17, 15) is 4.79 Å². The summed E-state index contributed by atoms with van der Waals surface area (Å²) in [5, 5.41) is 0. The van der Waals surface area contributed by atoms with Gasteiger partial charge in [0.15, 0.2) is 0 Å². The first-order chi connectivity index (χ1) is 9.46. The molecule has 2 atom stereocenters. The van der Waals surface area contributed by atoms with Gasteiger partial charge in [0.25, 0.3) is 0 Å². The summed E-state index contributed by atoms with van der Waals surface area (Å²) in [4.78, 5) is 14.5. The first-order valence-electron chi connectivity index (χ1n) is 8.04. The quantitative estimate of drug-likeness (QED) is 0.727. The lowest BCUT2D eigenvalue weighted by Gasteiger charge is -2.27. The summed E-state index contributed by atoms with van der Waals surface area (Å²) in [5.41, 5.74) is -0.386. The summed E-state index contributed by atoms with van der Waals surface area (Å²) in [6.45, 7) is 8.74. The van der Waals surface area contributed by atoms with Crippen LogP contribution in [-0.2, 0) is 14.3 Å². The van der Waals surface area contributed by atoms with Gasteiger partial charge in [-0.1, -0.05) is 0 Å². The van der Waals surface area contributed by atoms with Gasteiger partial charge in [0.1, 0.15) is 11.6 Å². The highest BCUT2D eigenvalue weighted by molar-refractivity contribution is 5.76. The van der Waals surface area contributed by atoms with E-state index in [-0.39, 0.29) is 17.6 Å². The van der Waals surface area contributed by atoms with Crippen molar-refractivity contribution < 1.29 is 14.3 Å². The molecule has 4 nitrogen and oxygen atoms in total. The molecular formula is C16H29NO3. The van der Waals surface area contributed by atoms with Crippen molar-refractivity contribution in [1.82, 2.24) is 4.90 Å². The predicted octanol–water partition coefficient (Wildman–Crippen LogP) is 2.75. The van der Waals surface area contributed by atoms with Crippen LogP contribution >= 0.6 is 0 Å². The topological polar surface area (TPSA) is 38.8 Å². The van der Waals surface area contributed by atoms with Gasteiger partial charge in [-0.3, -0.25) is 9.69 Å². The van der Waals surface area contributed by atoms with Crippen molar-refractivity contribution in [3.05, 3.63) is 0 Å². The molecule has 116 valence electrons. The van der Waals surface area contributed by atoms with Crippen LogP contribution in [0.15, 0.2) is 0 Å². The van der Waals surface area contributed by atoms with Crippen molar-refractivity contribution in [3.8, 4) is 0 Å². The number of ether oxygens (including phenoxy) is 2. The molecule has 0 spiro atoms. The maximum Gasteiger partial charge on any atom is 0.323 e. The minimum atomic E-state index is -0.386. The van der Waals surface area contributed by atoms with Crippen LogP contribution in [0.4, 0.5) is 0 Å². The van der Waals surface area contributed by atoms with Gasteiger partial charge in [0.2, 0.25) is 0 Å². The number of carbonyl (C=O) groups is 1. The molecule has 0 N–H and O–H groups in total. The predicted molar refractivity (Wildman–Crippen MR) is 78.6 cm³/mol. The average Bonchev–Trinajstić information content (AvgIpc) is 2.97. The molecule has 0 saturated carbocycles. The van der Waals surface area contributed by atoms with E-state index in [0.717, 1.165) is 45.4 Å². The first kappa shape index (κ1) is 15.8. The molecule has 20 heavy (non-hydrogen) atoms. The largest absolute Gasteiger partial charge is 0.459 e. The molecule has 0 aliphatic carbocycles. The van der Waals surface area contributed by atoms with E-state index in [0.29, 0.717) is 6.10 Å². The van der Waals surface area contributed by atoms with E-state index in [2.05, 4.69) is 4.90 Å². The second-order valence-corrected chi connectivity index (χ2v) is 7.00. The summed E-state index contributed by atoms with van der Waals surface area (Å²) in [7, 11) is 0. The van der Waals surface area contributed by atoms with E-state index in [1.54, 1.807) is 0 Å². The molecule has 0 aromatic rings. The Labute approximate surface area is 122 Å². The highest BCUT2D eigenvalue weighted by Gasteiger charge is 2.33. The SMILES string of the molecule is CC(C)(C)OC(=O)[C@H]1CCCN1CCCC1CCCO1. The smallest absolute Gasteiger partial charge is 0.323 e. The molecule has 2 saturated heterocycles. The Morgan fingerprint density at radius 3 is 2.75 bits per heavy atom. The van der Waals surface area contributed by atoms with Gasteiger partial charge >= 0.3 is 5.97 Å². The molecule has 0 aromatic heterocycles. The number of hydrogen-bond donors (Lipinski definition) is 0. The Kier molecular flexibility index (Phi) is 5.44. The summed E-state index contributed by atoms with van der Waals surface area (Å²) in [5.74, 6) is -0.0490. The number of esters is 1. The van der Waals surface area contributed by atoms with Crippen LogP contribution in [0.3, 0.4) is 0 Å². The third-order valence-electron chi connectivity index (χ3n) is 4.04. The summed E-state index contributed by atoms with van der Waals surface area (Å²) >= 11 is 0. The van der Waals surface area contributed by atoms with Crippen molar-refractivity contribution in [3.63, 3.8) is 0 Å². The molecule has 1 unspecified atom stereocenters. The molecule has 2 rings (SSSR count). The van der Waals surface area contributed by atoms with Crippen molar-refractivity contribution in [1.29, 1.82) is 0 Å². The zero-order valence-electron chi connectivity index (χ0n) is 13.2. The highest BCUT2D eigenvalue weighted by atomic mass is 16.6. The normalized spacial score (nSPS) is 27.9. The fourth-order valence-electron chi connectivity index (χ4n) is 3.12. The van der Waals surface area contributed by atoms with E-state index >= 15 is 0 Å². The van der Waals surface area contributed by atoms with Gasteiger partial charge in [-0.15, -0.1) is 0 Å². The lowest BCUT2D eigenvalue weighted by Crippen LogP contribution is -2.41. The molecule has 2 aliphatic heterocycles. The number of likely N-dealkylation sites (tertiary alicyclic amines) is 1. The Morgan fingerprint density at radius 2 is 2.10 bits per heavy atom. The van der Waals surface area contributed by atoms with Crippen LogP contribution in [0.1, 0.15) is 59.3 Å². The van der Waals surface area contributed by atoms with E-state index in [4.69, 9.17) is 9.47 Å². The molecule has 0 amide bonds. The standard InChI is InChI=1S/C16H29NO3/c1-16(2,3)20-15(18)14-9-5-11-17(14)10-4-7-13-8-6-12-19-13/h13-14H,4-12H2,1-3H3/t13?,14-/m1/s1. The number of carbonyl (C=O) groups excluding carboxylic acids is 1. The number of rotatable bonds is 5.